The Bertz CT molecular complexity index is 738. The van der Waals surface area contributed by atoms with Gasteiger partial charge in [0.2, 0.25) is 5.76 Å². The van der Waals surface area contributed by atoms with Gasteiger partial charge in [-0.15, -0.1) is 0 Å². The summed E-state index contributed by atoms with van der Waals surface area (Å²) in [6.45, 7) is 4.15. The van der Waals surface area contributed by atoms with E-state index in [0.29, 0.717) is 18.2 Å². The van der Waals surface area contributed by atoms with Crippen molar-refractivity contribution in [2.45, 2.75) is 58.2 Å². The molecule has 3 atom stereocenters. The molecule has 0 aromatic carbocycles. The van der Waals surface area contributed by atoms with Crippen molar-refractivity contribution in [3.8, 4) is 0 Å². The molecule has 1 aliphatic rings. The lowest BCUT2D eigenvalue weighted by Crippen LogP contribution is -2.45. The number of ether oxygens (including phenoxy) is 1. The zero-order valence-corrected chi connectivity index (χ0v) is 15.2. The van der Waals surface area contributed by atoms with E-state index in [-0.39, 0.29) is 17.7 Å². The number of furan rings is 1. The first-order chi connectivity index (χ1) is 12.5. The van der Waals surface area contributed by atoms with E-state index in [2.05, 4.69) is 17.3 Å². The second-order valence-corrected chi connectivity index (χ2v) is 6.89. The molecular weight excluding hydrogens is 334 g/mol. The molecule has 1 saturated carbocycles. The first-order valence-electron chi connectivity index (χ1n) is 9.10. The summed E-state index contributed by atoms with van der Waals surface area (Å²) in [4.78, 5) is 24.5. The van der Waals surface area contributed by atoms with E-state index in [1.807, 2.05) is 6.07 Å². The van der Waals surface area contributed by atoms with Crippen molar-refractivity contribution < 1.29 is 18.7 Å². The Hall–Kier alpha value is -2.57. The lowest BCUT2D eigenvalue weighted by Gasteiger charge is -2.30. The van der Waals surface area contributed by atoms with Crippen molar-refractivity contribution in [1.82, 2.24) is 15.1 Å². The van der Waals surface area contributed by atoms with Crippen LogP contribution in [-0.2, 0) is 16.1 Å². The predicted octanol–water partition coefficient (Wildman–Crippen LogP) is 2.76. The maximum Gasteiger partial charge on any atom is 0.375 e. The Morgan fingerprint density at radius 3 is 2.92 bits per heavy atom. The van der Waals surface area contributed by atoms with Crippen LogP contribution in [-0.4, -0.2) is 33.8 Å². The molecule has 140 valence electrons. The van der Waals surface area contributed by atoms with Gasteiger partial charge in [0.05, 0.1) is 6.54 Å². The van der Waals surface area contributed by atoms with Crippen molar-refractivity contribution in [3.05, 3.63) is 42.1 Å². The van der Waals surface area contributed by atoms with Crippen LogP contribution < -0.4 is 5.32 Å². The van der Waals surface area contributed by atoms with Crippen LogP contribution in [0.2, 0.25) is 0 Å². The third-order valence-electron chi connectivity index (χ3n) is 4.83. The largest absolute Gasteiger partial charge is 0.452 e. The van der Waals surface area contributed by atoms with E-state index in [4.69, 9.17) is 9.15 Å². The van der Waals surface area contributed by atoms with E-state index < -0.39 is 12.1 Å². The molecule has 2 heterocycles. The van der Waals surface area contributed by atoms with Crippen molar-refractivity contribution >= 4 is 11.9 Å². The number of nitrogens with zero attached hydrogens (tertiary/aromatic N) is 2. The average Bonchev–Trinajstić information content (AvgIpc) is 3.29. The summed E-state index contributed by atoms with van der Waals surface area (Å²) in [5.41, 5.74) is 0. The van der Waals surface area contributed by atoms with Crippen LogP contribution >= 0.6 is 0 Å². The summed E-state index contributed by atoms with van der Waals surface area (Å²) < 4.78 is 12.4. The molecular formula is C19H25N3O4. The fourth-order valence-electron chi connectivity index (χ4n) is 3.23. The number of carbonyl (C=O) groups excluding carboxylic acids is 2. The van der Waals surface area contributed by atoms with E-state index in [1.165, 1.54) is 6.42 Å². The van der Waals surface area contributed by atoms with Crippen LogP contribution in [0.15, 0.2) is 35.0 Å². The fraction of sp³-hybridized carbons (Fsp3) is 0.526. The summed E-state index contributed by atoms with van der Waals surface area (Å²) in [5, 5.41) is 7.09. The minimum Gasteiger partial charge on any atom is -0.452 e. The molecule has 0 bridgehead atoms. The lowest BCUT2D eigenvalue weighted by molar-refractivity contribution is -0.130. The third kappa shape index (κ3) is 4.53. The number of nitrogens with one attached hydrogen (secondary N) is 1. The Morgan fingerprint density at radius 2 is 2.19 bits per heavy atom. The summed E-state index contributed by atoms with van der Waals surface area (Å²) in [6, 6.07) is 5.22. The highest BCUT2D eigenvalue weighted by atomic mass is 16.6. The number of aromatic nitrogens is 2. The van der Waals surface area contributed by atoms with Crippen molar-refractivity contribution in [2.24, 2.45) is 5.92 Å². The zero-order chi connectivity index (χ0) is 18.5. The number of rotatable bonds is 6. The van der Waals surface area contributed by atoms with Crippen LogP contribution in [0.25, 0.3) is 0 Å². The molecule has 0 radical (unpaired) electrons. The molecule has 1 N–H and O–H groups in total. The first-order valence-corrected chi connectivity index (χ1v) is 9.10. The van der Waals surface area contributed by atoms with Crippen LogP contribution in [0.5, 0.6) is 0 Å². The molecule has 7 heteroatoms. The maximum absolute atomic E-state index is 12.3. The minimum atomic E-state index is -0.865. The second kappa shape index (κ2) is 8.21. The lowest BCUT2D eigenvalue weighted by atomic mass is 9.86. The Morgan fingerprint density at radius 1 is 1.38 bits per heavy atom. The molecule has 2 aromatic rings. The summed E-state index contributed by atoms with van der Waals surface area (Å²) in [7, 11) is 0. The van der Waals surface area contributed by atoms with Gasteiger partial charge in [-0.2, -0.15) is 5.10 Å². The molecule has 1 fully saturated rings. The standard InChI is InChI=1S/C19H25N3O4/c1-13-6-3-4-7-16(13)21-18(23)14(2)25-19(24)17-9-8-15(26-17)12-22-11-5-10-20-22/h5,8-11,13-14,16H,3-4,6-7,12H2,1-2H3,(H,21,23). The van der Waals surface area contributed by atoms with Gasteiger partial charge in [0.1, 0.15) is 5.76 Å². The average molecular weight is 359 g/mol. The zero-order valence-electron chi connectivity index (χ0n) is 15.2. The third-order valence-corrected chi connectivity index (χ3v) is 4.83. The minimum absolute atomic E-state index is 0.0813. The van der Waals surface area contributed by atoms with E-state index in [0.717, 1.165) is 19.3 Å². The van der Waals surface area contributed by atoms with Gasteiger partial charge in [-0.1, -0.05) is 19.8 Å². The molecule has 1 aliphatic carbocycles. The van der Waals surface area contributed by atoms with Crippen LogP contribution in [0.1, 0.15) is 55.8 Å². The van der Waals surface area contributed by atoms with Gasteiger partial charge in [0, 0.05) is 18.4 Å². The smallest absolute Gasteiger partial charge is 0.375 e. The van der Waals surface area contributed by atoms with E-state index in [1.54, 1.807) is 36.1 Å². The quantitative estimate of drug-likeness (QED) is 0.802. The summed E-state index contributed by atoms with van der Waals surface area (Å²) in [6.07, 6.45) is 7.03. The van der Waals surface area contributed by atoms with Gasteiger partial charge in [0.25, 0.3) is 5.91 Å². The topological polar surface area (TPSA) is 86.4 Å². The molecule has 0 spiro atoms. The van der Waals surface area contributed by atoms with Gasteiger partial charge < -0.3 is 14.5 Å². The molecule has 7 nitrogen and oxygen atoms in total. The van der Waals surface area contributed by atoms with Crippen LogP contribution in [0.3, 0.4) is 0 Å². The summed E-state index contributed by atoms with van der Waals surface area (Å²) >= 11 is 0. The normalized spacial score (nSPS) is 21.2. The van der Waals surface area contributed by atoms with Crippen LogP contribution in [0, 0.1) is 5.92 Å². The monoisotopic (exact) mass is 359 g/mol. The number of amides is 1. The highest BCUT2D eigenvalue weighted by Crippen LogP contribution is 2.23. The van der Waals surface area contributed by atoms with Crippen molar-refractivity contribution in [3.63, 3.8) is 0 Å². The molecule has 3 rings (SSSR count). The van der Waals surface area contributed by atoms with Gasteiger partial charge in [-0.3, -0.25) is 9.48 Å². The highest BCUT2D eigenvalue weighted by molar-refractivity contribution is 5.90. The van der Waals surface area contributed by atoms with Gasteiger partial charge >= 0.3 is 5.97 Å². The molecule has 0 aliphatic heterocycles. The number of esters is 1. The Labute approximate surface area is 152 Å². The maximum atomic E-state index is 12.3. The number of carbonyl (C=O) groups is 2. The molecule has 3 unspecified atom stereocenters. The molecule has 2 aromatic heterocycles. The van der Waals surface area contributed by atoms with Gasteiger partial charge in [-0.05, 0) is 43.9 Å². The van der Waals surface area contributed by atoms with Gasteiger partial charge in [-0.25, -0.2) is 4.79 Å². The SMILES string of the molecule is CC(OC(=O)c1ccc(Cn2cccn2)o1)C(=O)NC1CCCCC1C. The Kier molecular flexibility index (Phi) is 5.75. The van der Waals surface area contributed by atoms with Gasteiger partial charge in [0.15, 0.2) is 6.10 Å². The molecule has 26 heavy (non-hydrogen) atoms. The van der Waals surface area contributed by atoms with E-state index in [9.17, 15) is 9.59 Å². The van der Waals surface area contributed by atoms with Crippen LogP contribution in [0.4, 0.5) is 0 Å². The highest BCUT2D eigenvalue weighted by Gasteiger charge is 2.27. The van der Waals surface area contributed by atoms with Crippen molar-refractivity contribution in [2.75, 3.05) is 0 Å². The molecule has 1 amide bonds. The number of hydrogen-bond donors (Lipinski definition) is 1. The van der Waals surface area contributed by atoms with Crippen molar-refractivity contribution in [1.29, 1.82) is 0 Å². The van der Waals surface area contributed by atoms with E-state index >= 15 is 0 Å². The predicted molar refractivity (Wildman–Crippen MR) is 94.5 cm³/mol. The summed E-state index contributed by atoms with van der Waals surface area (Å²) in [5.74, 6) is 0.216. The Balaban J connectivity index is 1.52. The second-order valence-electron chi connectivity index (χ2n) is 6.89. The molecule has 0 saturated heterocycles. The number of hydrogen-bond acceptors (Lipinski definition) is 5. The first kappa shape index (κ1) is 18.2. The fourth-order valence-corrected chi connectivity index (χ4v) is 3.23.